The van der Waals surface area contributed by atoms with Crippen LogP contribution in [0.3, 0.4) is 0 Å². The van der Waals surface area contributed by atoms with Gasteiger partial charge in [0.2, 0.25) is 10.0 Å². The zero-order chi connectivity index (χ0) is 23.0. The van der Waals surface area contributed by atoms with Gasteiger partial charge in [0.05, 0.1) is 17.7 Å². The molecule has 7 nitrogen and oxygen atoms in total. The zero-order valence-electron chi connectivity index (χ0n) is 19.0. The van der Waals surface area contributed by atoms with Crippen molar-refractivity contribution in [3.63, 3.8) is 0 Å². The second-order valence-electron chi connectivity index (χ2n) is 8.98. The van der Waals surface area contributed by atoms with Crippen LogP contribution >= 0.6 is 0 Å². The molecule has 3 aromatic rings. The summed E-state index contributed by atoms with van der Waals surface area (Å²) in [4.78, 5) is 2.76. The molecule has 1 aromatic heterocycles. The number of hydrogen-bond acceptors (Lipinski definition) is 5. The lowest BCUT2D eigenvalue weighted by Gasteiger charge is -2.49. The van der Waals surface area contributed by atoms with Crippen LogP contribution in [-0.4, -0.2) is 55.9 Å². The Balaban J connectivity index is 1.30. The molecule has 1 unspecified atom stereocenters. The summed E-state index contributed by atoms with van der Waals surface area (Å²) in [6.45, 7) is 2.38. The topological polar surface area (TPSA) is 76.5 Å². The second kappa shape index (κ2) is 8.93. The van der Waals surface area contributed by atoms with Crippen molar-refractivity contribution in [3.8, 4) is 17.0 Å². The number of nitrogens with one attached hydrogen (secondary N) is 1. The molecule has 0 saturated carbocycles. The van der Waals surface area contributed by atoms with E-state index in [1.54, 1.807) is 31.4 Å². The molecular formula is C25H30N4O3S. The molecule has 8 heteroatoms. The Morgan fingerprint density at radius 2 is 1.88 bits per heavy atom. The maximum atomic E-state index is 12.6. The van der Waals surface area contributed by atoms with E-state index in [0.29, 0.717) is 23.3 Å². The highest BCUT2D eigenvalue weighted by Crippen LogP contribution is 2.42. The smallest absolute Gasteiger partial charge is 0.240 e. The van der Waals surface area contributed by atoms with Crippen LogP contribution in [0.25, 0.3) is 11.3 Å². The fourth-order valence-corrected chi connectivity index (χ4v) is 6.48. The molecule has 33 heavy (non-hydrogen) atoms. The van der Waals surface area contributed by atoms with Crippen molar-refractivity contribution in [2.45, 2.75) is 29.7 Å². The van der Waals surface area contributed by atoms with Gasteiger partial charge in [-0.15, -0.1) is 0 Å². The van der Waals surface area contributed by atoms with E-state index in [4.69, 9.17) is 9.84 Å². The fraction of sp³-hybridized carbons (Fsp3) is 0.400. The SMILES string of the molecule is COc1ccccc1-c1cc([C@@H]2CN3CC[C@H]2C[C@@H]3CNS(=O)(=O)c2ccccc2)n(C)n1. The number of aryl methyl sites for hydroxylation is 1. The molecule has 174 valence electrons. The molecule has 1 N–H and O–H groups in total. The quantitative estimate of drug-likeness (QED) is 0.579. The number of methoxy groups -OCH3 is 1. The number of sulfonamides is 1. The lowest BCUT2D eigenvalue weighted by atomic mass is 9.74. The van der Waals surface area contributed by atoms with Gasteiger partial charge in [0.25, 0.3) is 0 Å². The minimum Gasteiger partial charge on any atom is -0.496 e. The zero-order valence-corrected chi connectivity index (χ0v) is 19.8. The van der Waals surface area contributed by atoms with Gasteiger partial charge < -0.3 is 4.74 Å². The Bertz CT molecular complexity index is 1230. The minimum absolute atomic E-state index is 0.223. The van der Waals surface area contributed by atoms with Crippen LogP contribution in [0.4, 0.5) is 0 Å². The van der Waals surface area contributed by atoms with Crippen molar-refractivity contribution in [1.29, 1.82) is 0 Å². The second-order valence-corrected chi connectivity index (χ2v) is 10.7. The number of rotatable bonds is 7. The first kappa shape index (κ1) is 22.1. The average molecular weight is 467 g/mol. The van der Waals surface area contributed by atoms with Crippen LogP contribution in [0.5, 0.6) is 5.75 Å². The molecule has 3 aliphatic rings. The van der Waals surface area contributed by atoms with E-state index < -0.39 is 10.0 Å². The molecule has 2 bridgehead atoms. The summed E-state index contributed by atoms with van der Waals surface area (Å²) in [7, 11) is 0.209. The predicted octanol–water partition coefficient (Wildman–Crippen LogP) is 3.25. The Hall–Kier alpha value is -2.68. The third-order valence-corrected chi connectivity index (χ3v) is 8.56. The van der Waals surface area contributed by atoms with Gasteiger partial charge in [-0.1, -0.05) is 30.3 Å². The molecule has 4 heterocycles. The van der Waals surface area contributed by atoms with Gasteiger partial charge in [-0.2, -0.15) is 5.10 Å². The highest BCUT2D eigenvalue weighted by atomic mass is 32.2. The summed E-state index contributed by atoms with van der Waals surface area (Å²) < 4.78 is 35.7. The van der Waals surface area contributed by atoms with Crippen molar-refractivity contribution in [2.24, 2.45) is 13.0 Å². The van der Waals surface area contributed by atoms with Crippen LogP contribution in [-0.2, 0) is 17.1 Å². The van der Waals surface area contributed by atoms with E-state index in [0.717, 1.165) is 42.9 Å². The van der Waals surface area contributed by atoms with Crippen LogP contribution in [0.2, 0.25) is 0 Å². The predicted molar refractivity (Wildman–Crippen MR) is 128 cm³/mol. The van der Waals surface area contributed by atoms with Crippen LogP contribution in [0, 0.1) is 5.92 Å². The van der Waals surface area contributed by atoms with E-state index in [2.05, 4.69) is 15.7 Å². The molecule has 6 rings (SSSR count). The molecule has 0 spiro atoms. The van der Waals surface area contributed by atoms with E-state index >= 15 is 0 Å². The minimum atomic E-state index is -3.49. The first-order valence-electron chi connectivity index (χ1n) is 11.4. The van der Waals surface area contributed by atoms with Crippen molar-refractivity contribution in [2.75, 3.05) is 26.7 Å². The number of hydrogen-bond donors (Lipinski definition) is 1. The van der Waals surface area contributed by atoms with Crippen molar-refractivity contribution in [3.05, 3.63) is 66.4 Å². The molecule has 0 aliphatic carbocycles. The number of benzene rings is 2. The molecule has 0 amide bonds. The molecule has 2 aromatic carbocycles. The maximum absolute atomic E-state index is 12.6. The van der Waals surface area contributed by atoms with Gasteiger partial charge in [0.15, 0.2) is 0 Å². The molecule has 0 radical (unpaired) electrons. The van der Waals surface area contributed by atoms with Gasteiger partial charge in [-0.25, -0.2) is 13.1 Å². The van der Waals surface area contributed by atoms with Gasteiger partial charge in [0.1, 0.15) is 5.75 Å². The highest BCUT2D eigenvalue weighted by molar-refractivity contribution is 7.89. The van der Waals surface area contributed by atoms with E-state index in [1.165, 1.54) is 5.69 Å². The van der Waals surface area contributed by atoms with Crippen molar-refractivity contribution >= 4 is 10.0 Å². The number of fused-ring (bicyclic) bond motifs is 3. The fourth-order valence-electron chi connectivity index (χ4n) is 5.39. The molecule has 3 fully saturated rings. The van der Waals surface area contributed by atoms with Crippen LogP contribution in [0.1, 0.15) is 24.5 Å². The summed E-state index contributed by atoms with van der Waals surface area (Å²) in [5.74, 6) is 1.73. The Kier molecular flexibility index (Phi) is 5.99. The molecule has 3 aliphatic heterocycles. The standard InChI is InChI=1S/C25H30N4O3S/c1-28-24(15-23(27-28)21-10-6-7-11-25(21)32-2)22-17-29-13-12-18(22)14-19(29)16-26-33(30,31)20-8-4-3-5-9-20/h3-11,15,18-19,22,26H,12-14,16-17H2,1-2H3/t18-,19+,22+/m0/s1. The molecule has 3 saturated heterocycles. The lowest BCUT2D eigenvalue weighted by Crippen LogP contribution is -2.56. The summed E-state index contributed by atoms with van der Waals surface area (Å²) >= 11 is 0. The monoisotopic (exact) mass is 466 g/mol. The van der Waals surface area contributed by atoms with E-state index in [-0.39, 0.29) is 6.04 Å². The Morgan fingerprint density at radius 3 is 2.61 bits per heavy atom. The van der Waals surface area contributed by atoms with Gasteiger partial charge in [-0.05, 0) is 55.6 Å². The third kappa shape index (κ3) is 4.30. The maximum Gasteiger partial charge on any atom is 0.240 e. The van der Waals surface area contributed by atoms with Gasteiger partial charge in [-0.3, -0.25) is 9.58 Å². The molecule has 4 atom stereocenters. The lowest BCUT2D eigenvalue weighted by molar-refractivity contribution is 0.0306. The summed E-state index contributed by atoms with van der Waals surface area (Å²) in [6.07, 6.45) is 2.11. The van der Waals surface area contributed by atoms with Crippen molar-refractivity contribution < 1.29 is 13.2 Å². The largest absolute Gasteiger partial charge is 0.496 e. The van der Waals surface area contributed by atoms with E-state index in [9.17, 15) is 8.42 Å². The average Bonchev–Trinajstić information content (AvgIpc) is 3.25. The van der Waals surface area contributed by atoms with Crippen LogP contribution in [0.15, 0.2) is 65.6 Å². The van der Waals surface area contributed by atoms with Crippen LogP contribution < -0.4 is 9.46 Å². The Morgan fingerprint density at radius 1 is 1.12 bits per heavy atom. The normalized spacial score (nSPS) is 24.7. The van der Waals surface area contributed by atoms with Crippen molar-refractivity contribution in [1.82, 2.24) is 19.4 Å². The number of nitrogens with zero attached hydrogens (tertiary/aromatic N) is 3. The third-order valence-electron chi connectivity index (χ3n) is 7.12. The van der Waals surface area contributed by atoms with E-state index in [1.807, 2.05) is 42.1 Å². The summed E-state index contributed by atoms with van der Waals surface area (Å²) in [6, 6.07) is 19.0. The summed E-state index contributed by atoms with van der Waals surface area (Å²) in [5.41, 5.74) is 3.15. The highest BCUT2D eigenvalue weighted by Gasteiger charge is 2.42. The Labute approximate surface area is 195 Å². The number of para-hydroxylation sites is 1. The van der Waals surface area contributed by atoms with Gasteiger partial charge >= 0.3 is 0 Å². The number of ether oxygens (including phenoxy) is 1. The first-order chi connectivity index (χ1) is 16.0. The number of piperidine rings is 3. The first-order valence-corrected chi connectivity index (χ1v) is 12.9. The molecular weight excluding hydrogens is 436 g/mol. The number of aromatic nitrogens is 2. The van der Waals surface area contributed by atoms with Gasteiger partial charge in [0, 0.05) is 43.4 Å². The summed E-state index contributed by atoms with van der Waals surface area (Å²) in [5, 5.41) is 4.80.